The zero-order chi connectivity index (χ0) is 9.90. The Labute approximate surface area is 79.8 Å². The van der Waals surface area contributed by atoms with E-state index >= 15 is 0 Å². The lowest BCUT2D eigenvalue weighted by atomic mass is 10.2. The summed E-state index contributed by atoms with van der Waals surface area (Å²) in [5, 5.41) is 8.18. The van der Waals surface area contributed by atoms with Crippen molar-refractivity contribution < 1.29 is 13.9 Å². The van der Waals surface area contributed by atoms with Gasteiger partial charge in [-0.15, -0.1) is 11.8 Å². The maximum absolute atomic E-state index is 12.0. The first-order chi connectivity index (χ1) is 5.97. The van der Waals surface area contributed by atoms with E-state index < -0.39 is 11.9 Å². The molecule has 1 N–H and O–H groups in total. The molecule has 13 heavy (non-hydrogen) atoms. The average Bonchev–Trinajstić information content (AvgIpc) is 2.02. The molecule has 0 radical (unpaired) electrons. The fourth-order valence-electron chi connectivity index (χ4n) is 0.805. The first-order valence-electron chi connectivity index (χ1n) is 3.77. The van der Waals surface area contributed by atoms with Crippen LogP contribution in [0.3, 0.4) is 0 Å². The summed E-state index contributed by atoms with van der Waals surface area (Å²) in [6.07, 6.45) is -3.59. The molecule has 72 valence electrons. The third-order valence-electron chi connectivity index (χ3n) is 1.43. The Morgan fingerprint density at radius 1 is 1.31 bits per heavy atom. The largest absolute Gasteiger partial charge is 0.362 e. The SMILES string of the molecule is Cc1ccc(SCC(O)(F)F)cc1. The highest BCUT2D eigenvalue weighted by Gasteiger charge is 2.23. The maximum Gasteiger partial charge on any atom is 0.362 e. The first kappa shape index (κ1) is 10.5. The van der Waals surface area contributed by atoms with E-state index in [1.165, 1.54) is 0 Å². The van der Waals surface area contributed by atoms with Gasteiger partial charge in [0.15, 0.2) is 0 Å². The summed E-state index contributed by atoms with van der Waals surface area (Å²) in [6, 6.07) is 7.20. The molecule has 0 heterocycles. The van der Waals surface area contributed by atoms with E-state index in [-0.39, 0.29) is 0 Å². The van der Waals surface area contributed by atoms with E-state index in [0.717, 1.165) is 22.2 Å². The number of benzene rings is 1. The molecule has 0 aliphatic heterocycles. The van der Waals surface area contributed by atoms with Gasteiger partial charge in [0.05, 0.1) is 5.75 Å². The second-order valence-corrected chi connectivity index (χ2v) is 3.82. The number of hydrogen-bond acceptors (Lipinski definition) is 2. The van der Waals surface area contributed by atoms with Crippen LogP contribution in [0.4, 0.5) is 8.78 Å². The normalized spacial score (nSPS) is 11.7. The molecule has 1 aromatic carbocycles. The third kappa shape index (κ3) is 4.24. The van der Waals surface area contributed by atoms with Crippen LogP contribution in [0, 0.1) is 6.92 Å². The van der Waals surface area contributed by atoms with Crippen molar-refractivity contribution >= 4 is 11.8 Å². The molecular formula is C9H10F2OS. The van der Waals surface area contributed by atoms with Gasteiger partial charge in [-0.3, -0.25) is 0 Å². The highest BCUT2D eigenvalue weighted by Crippen LogP contribution is 2.24. The van der Waals surface area contributed by atoms with Crippen molar-refractivity contribution in [2.45, 2.75) is 17.9 Å². The average molecular weight is 204 g/mol. The third-order valence-corrected chi connectivity index (χ3v) is 2.53. The quantitative estimate of drug-likeness (QED) is 0.764. The monoisotopic (exact) mass is 204 g/mol. The first-order valence-corrected chi connectivity index (χ1v) is 4.75. The fraction of sp³-hybridized carbons (Fsp3) is 0.333. The van der Waals surface area contributed by atoms with Gasteiger partial charge in [-0.05, 0) is 19.1 Å². The molecule has 0 unspecified atom stereocenters. The summed E-state index contributed by atoms with van der Waals surface area (Å²) in [4.78, 5) is 0.735. The second-order valence-electron chi connectivity index (χ2n) is 2.77. The Balaban J connectivity index is 2.51. The molecule has 0 amide bonds. The molecular weight excluding hydrogens is 194 g/mol. The zero-order valence-corrected chi connectivity index (χ0v) is 7.94. The summed E-state index contributed by atoms with van der Waals surface area (Å²) < 4.78 is 24.0. The van der Waals surface area contributed by atoms with E-state index in [2.05, 4.69) is 0 Å². The number of aliphatic hydroxyl groups is 1. The van der Waals surface area contributed by atoms with E-state index in [9.17, 15) is 8.78 Å². The lowest BCUT2D eigenvalue weighted by Gasteiger charge is -2.07. The summed E-state index contributed by atoms with van der Waals surface area (Å²) >= 11 is 0.936. The summed E-state index contributed by atoms with van der Waals surface area (Å²) in [6.45, 7) is 1.93. The fourth-order valence-corrected chi connectivity index (χ4v) is 1.47. The molecule has 1 aromatic rings. The van der Waals surface area contributed by atoms with Gasteiger partial charge in [-0.1, -0.05) is 17.7 Å². The summed E-state index contributed by atoms with van der Waals surface area (Å²) in [5.41, 5.74) is 1.08. The van der Waals surface area contributed by atoms with Crippen LogP contribution in [0.2, 0.25) is 0 Å². The minimum Gasteiger partial charge on any atom is -0.336 e. The van der Waals surface area contributed by atoms with Crippen molar-refractivity contribution in [3.8, 4) is 0 Å². The number of aryl methyl sites for hydroxylation is 1. The number of hydrogen-bond donors (Lipinski definition) is 1. The van der Waals surface area contributed by atoms with Crippen LogP contribution in [0.15, 0.2) is 29.2 Å². The van der Waals surface area contributed by atoms with E-state index in [0.29, 0.717) is 0 Å². The molecule has 1 nitrogen and oxygen atoms in total. The molecule has 0 aromatic heterocycles. The highest BCUT2D eigenvalue weighted by atomic mass is 32.2. The Morgan fingerprint density at radius 2 is 1.85 bits per heavy atom. The van der Waals surface area contributed by atoms with Crippen molar-refractivity contribution in [3.63, 3.8) is 0 Å². The molecule has 0 atom stereocenters. The molecule has 0 bridgehead atoms. The summed E-state index contributed by atoms with van der Waals surface area (Å²) in [7, 11) is 0. The lowest BCUT2D eigenvalue weighted by Crippen LogP contribution is -2.17. The van der Waals surface area contributed by atoms with Crippen LogP contribution < -0.4 is 0 Å². The highest BCUT2D eigenvalue weighted by molar-refractivity contribution is 7.99. The Kier molecular flexibility index (Phi) is 3.27. The Bertz CT molecular complexity index is 266. The van der Waals surface area contributed by atoms with Gasteiger partial charge in [-0.2, -0.15) is 8.78 Å². The summed E-state index contributed by atoms with van der Waals surface area (Å²) in [5.74, 6) is -0.601. The van der Waals surface area contributed by atoms with Gasteiger partial charge < -0.3 is 5.11 Å². The molecule has 4 heteroatoms. The van der Waals surface area contributed by atoms with E-state index in [1.54, 1.807) is 12.1 Å². The molecule has 0 fully saturated rings. The van der Waals surface area contributed by atoms with Gasteiger partial charge in [0, 0.05) is 4.90 Å². The van der Waals surface area contributed by atoms with Crippen molar-refractivity contribution in [2.24, 2.45) is 0 Å². The van der Waals surface area contributed by atoms with Crippen molar-refractivity contribution in [2.75, 3.05) is 5.75 Å². The van der Waals surface area contributed by atoms with Crippen LogP contribution in [0.25, 0.3) is 0 Å². The molecule has 0 aliphatic carbocycles. The van der Waals surface area contributed by atoms with Crippen molar-refractivity contribution in [1.82, 2.24) is 0 Å². The topological polar surface area (TPSA) is 20.2 Å². The number of thioether (sulfide) groups is 1. The standard InChI is InChI=1S/C9H10F2OS/c1-7-2-4-8(5-3-7)13-6-9(10,11)12/h2-5,12H,6H2,1H3. The molecule has 0 spiro atoms. The van der Waals surface area contributed by atoms with Crippen LogP contribution in [0.5, 0.6) is 0 Å². The minimum atomic E-state index is -3.59. The lowest BCUT2D eigenvalue weighted by molar-refractivity contribution is -0.177. The number of halogens is 2. The van der Waals surface area contributed by atoms with Gasteiger partial charge >= 0.3 is 6.11 Å². The predicted octanol–water partition coefficient (Wildman–Crippen LogP) is 2.67. The van der Waals surface area contributed by atoms with Crippen LogP contribution in [-0.2, 0) is 0 Å². The number of rotatable bonds is 3. The van der Waals surface area contributed by atoms with Gasteiger partial charge in [0.25, 0.3) is 0 Å². The van der Waals surface area contributed by atoms with Crippen LogP contribution >= 0.6 is 11.8 Å². The smallest absolute Gasteiger partial charge is 0.336 e. The molecule has 0 saturated heterocycles. The van der Waals surface area contributed by atoms with Gasteiger partial charge in [0.2, 0.25) is 0 Å². The molecule has 1 rings (SSSR count). The van der Waals surface area contributed by atoms with Crippen molar-refractivity contribution in [1.29, 1.82) is 0 Å². The van der Waals surface area contributed by atoms with Gasteiger partial charge in [0.1, 0.15) is 0 Å². The maximum atomic E-state index is 12.0. The predicted molar refractivity (Wildman–Crippen MR) is 49.1 cm³/mol. The van der Waals surface area contributed by atoms with Crippen LogP contribution in [0.1, 0.15) is 5.56 Å². The second kappa shape index (κ2) is 4.07. The van der Waals surface area contributed by atoms with Crippen LogP contribution in [-0.4, -0.2) is 17.0 Å². The van der Waals surface area contributed by atoms with E-state index in [4.69, 9.17) is 5.11 Å². The Hall–Kier alpha value is -0.610. The minimum absolute atomic E-state index is 0.601. The van der Waals surface area contributed by atoms with Crippen molar-refractivity contribution in [3.05, 3.63) is 29.8 Å². The molecule has 0 saturated carbocycles. The zero-order valence-electron chi connectivity index (χ0n) is 7.13. The Morgan fingerprint density at radius 3 is 2.31 bits per heavy atom. The van der Waals surface area contributed by atoms with Gasteiger partial charge in [-0.25, -0.2) is 0 Å². The number of alkyl halides is 2. The molecule has 0 aliphatic rings. The van der Waals surface area contributed by atoms with E-state index in [1.807, 2.05) is 19.1 Å².